The van der Waals surface area contributed by atoms with Gasteiger partial charge in [0.1, 0.15) is 11.1 Å². The molecule has 0 aliphatic heterocycles. The Morgan fingerprint density at radius 3 is 2.36 bits per heavy atom. The maximum Gasteiger partial charge on any atom is 0.351 e. The van der Waals surface area contributed by atoms with Crippen LogP contribution in [0.4, 0.5) is 0 Å². The van der Waals surface area contributed by atoms with Crippen molar-refractivity contribution < 1.29 is 17.9 Å². The van der Waals surface area contributed by atoms with Crippen molar-refractivity contribution in [2.24, 2.45) is 0 Å². The standard InChI is InChI=1S/C8H5ClO4S/c9-6-1-3-7(4-2-6)13-8(10)5-14(11)12/h1-5H. The largest absolute Gasteiger partial charge is 0.423 e. The van der Waals surface area contributed by atoms with E-state index in [4.69, 9.17) is 11.6 Å². The number of halogens is 1. The lowest BCUT2D eigenvalue weighted by molar-refractivity contribution is -0.126. The van der Waals surface area contributed by atoms with Gasteiger partial charge in [0.05, 0.1) is 0 Å². The van der Waals surface area contributed by atoms with Crippen molar-refractivity contribution in [2.75, 3.05) is 0 Å². The number of carbonyl (C=O) groups excluding carboxylic acids is 1. The topological polar surface area (TPSA) is 60.4 Å². The van der Waals surface area contributed by atoms with E-state index < -0.39 is 16.3 Å². The minimum Gasteiger partial charge on any atom is -0.423 e. The molecule has 1 aromatic rings. The number of rotatable bonds is 2. The summed E-state index contributed by atoms with van der Waals surface area (Å²) in [6.07, 6.45) is 0. The molecular formula is C8H5ClO4S. The average molecular weight is 233 g/mol. The Hall–Kier alpha value is -1.33. The van der Waals surface area contributed by atoms with E-state index in [0.29, 0.717) is 10.4 Å². The molecule has 0 fully saturated rings. The van der Waals surface area contributed by atoms with Gasteiger partial charge in [0.25, 0.3) is 0 Å². The summed E-state index contributed by atoms with van der Waals surface area (Å²) in [6.45, 7) is 0. The van der Waals surface area contributed by atoms with Gasteiger partial charge in [-0.05, 0) is 24.3 Å². The molecule has 6 heteroatoms. The molecule has 0 spiro atoms. The smallest absolute Gasteiger partial charge is 0.351 e. The number of hydrogen-bond donors (Lipinski definition) is 0. The van der Waals surface area contributed by atoms with Crippen LogP contribution in [-0.2, 0) is 15.1 Å². The molecule has 0 saturated carbocycles. The van der Waals surface area contributed by atoms with Crippen molar-refractivity contribution in [1.29, 1.82) is 0 Å². The van der Waals surface area contributed by atoms with Crippen LogP contribution < -0.4 is 4.74 Å². The minimum atomic E-state index is -2.55. The molecule has 0 heterocycles. The predicted molar refractivity (Wildman–Crippen MR) is 52.1 cm³/mol. The van der Waals surface area contributed by atoms with Gasteiger partial charge in [0.15, 0.2) is 0 Å². The molecule has 0 bridgehead atoms. The first kappa shape index (κ1) is 10.7. The van der Waals surface area contributed by atoms with E-state index in [2.05, 4.69) is 4.74 Å². The SMILES string of the molecule is O=C(C=S(=O)=O)Oc1ccc(Cl)cc1. The average Bonchev–Trinajstić information content (AvgIpc) is 2.07. The monoisotopic (exact) mass is 232 g/mol. The lowest BCUT2D eigenvalue weighted by atomic mass is 10.3. The van der Waals surface area contributed by atoms with Gasteiger partial charge in [-0.1, -0.05) is 11.6 Å². The Morgan fingerprint density at radius 2 is 1.86 bits per heavy atom. The molecule has 0 atom stereocenters. The second kappa shape index (κ2) is 4.78. The van der Waals surface area contributed by atoms with E-state index in [1.165, 1.54) is 24.3 Å². The van der Waals surface area contributed by atoms with Crippen LogP contribution >= 0.6 is 11.6 Å². The molecule has 1 aromatic carbocycles. The summed E-state index contributed by atoms with van der Waals surface area (Å²) in [4.78, 5) is 10.8. The van der Waals surface area contributed by atoms with Gasteiger partial charge in [0, 0.05) is 5.02 Å². The third kappa shape index (κ3) is 3.59. The Morgan fingerprint density at radius 1 is 1.29 bits per heavy atom. The molecule has 1 rings (SSSR count). The molecule has 0 radical (unpaired) electrons. The van der Waals surface area contributed by atoms with E-state index in [9.17, 15) is 13.2 Å². The van der Waals surface area contributed by atoms with Crippen LogP contribution in [0.1, 0.15) is 0 Å². The van der Waals surface area contributed by atoms with Crippen LogP contribution in [0.3, 0.4) is 0 Å². The van der Waals surface area contributed by atoms with Crippen molar-refractivity contribution in [3.05, 3.63) is 29.3 Å². The van der Waals surface area contributed by atoms with Crippen molar-refractivity contribution in [1.82, 2.24) is 0 Å². The molecular weight excluding hydrogens is 228 g/mol. The summed E-state index contributed by atoms with van der Waals surface area (Å²) in [5.74, 6) is -0.707. The zero-order valence-electron chi connectivity index (χ0n) is 6.81. The summed E-state index contributed by atoms with van der Waals surface area (Å²) in [7, 11) is -2.55. The van der Waals surface area contributed by atoms with Crippen molar-refractivity contribution in [3.8, 4) is 5.75 Å². The second-order valence-electron chi connectivity index (χ2n) is 2.25. The minimum absolute atomic E-state index is 0.237. The van der Waals surface area contributed by atoms with Gasteiger partial charge < -0.3 is 4.74 Å². The maximum atomic E-state index is 10.8. The molecule has 0 aliphatic rings. The first-order valence-corrected chi connectivity index (χ1v) is 5.00. The Balaban J connectivity index is 2.75. The van der Waals surface area contributed by atoms with E-state index in [0.717, 1.165) is 0 Å². The van der Waals surface area contributed by atoms with Crippen LogP contribution in [0, 0.1) is 0 Å². The van der Waals surface area contributed by atoms with Gasteiger partial charge in [0.2, 0.25) is 10.3 Å². The highest BCUT2D eigenvalue weighted by atomic mass is 35.5. The number of esters is 1. The van der Waals surface area contributed by atoms with Crippen LogP contribution in [0.5, 0.6) is 5.75 Å². The van der Waals surface area contributed by atoms with Gasteiger partial charge in [-0.3, -0.25) is 0 Å². The third-order valence-electron chi connectivity index (χ3n) is 1.22. The van der Waals surface area contributed by atoms with Crippen LogP contribution in [-0.4, -0.2) is 19.8 Å². The molecule has 14 heavy (non-hydrogen) atoms. The fourth-order valence-corrected chi connectivity index (χ4v) is 1.05. The summed E-state index contributed by atoms with van der Waals surface area (Å²) >= 11 is 5.59. The zero-order chi connectivity index (χ0) is 10.6. The van der Waals surface area contributed by atoms with Crippen LogP contribution in [0.15, 0.2) is 24.3 Å². The fraction of sp³-hybridized carbons (Fsp3) is 0. The van der Waals surface area contributed by atoms with E-state index in [-0.39, 0.29) is 5.75 Å². The van der Waals surface area contributed by atoms with Gasteiger partial charge in [-0.15, -0.1) is 0 Å². The Kier molecular flexibility index (Phi) is 3.67. The molecule has 4 nitrogen and oxygen atoms in total. The lowest BCUT2D eigenvalue weighted by Gasteiger charge is -1.98. The fourth-order valence-electron chi connectivity index (χ4n) is 0.721. The first-order chi connectivity index (χ1) is 6.58. The quantitative estimate of drug-likeness (QED) is 0.432. The number of carbonyl (C=O) groups is 1. The van der Waals surface area contributed by atoms with Crippen LogP contribution in [0.2, 0.25) is 5.02 Å². The number of hydrogen-bond acceptors (Lipinski definition) is 4. The molecule has 0 aliphatic carbocycles. The second-order valence-corrected chi connectivity index (χ2v) is 3.45. The summed E-state index contributed by atoms with van der Waals surface area (Å²) in [6, 6.07) is 5.97. The van der Waals surface area contributed by atoms with E-state index >= 15 is 0 Å². The highest BCUT2D eigenvalue weighted by Gasteiger charge is 2.00. The van der Waals surface area contributed by atoms with Crippen molar-refractivity contribution in [2.45, 2.75) is 0 Å². The van der Waals surface area contributed by atoms with Crippen LogP contribution in [0.25, 0.3) is 0 Å². The number of ether oxygens (including phenoxy) is 1. The predicted octanol–water partition coefficient (Wildman–Crippen LogP) is 0.927. The third-order valence-corrected chi connectivity index (χ3v) is 1.86. The first-order valence-electron chi connectivity index (χ1n) is 3.48. The number of benzene rings is 1. The highest BCUT2D eigenvalue weighted by Crippen LogP contribution is 2.15. The highest BCUT2D eigenvalue weighted by molar-refractivity contribution is 7.73. The molecule has 0 amide bonds. The van der Waals surface area contributed by atoms with Crippen molar-refractivity contribution in [3.63, 3.8) is 0 Å². The van der Waals surface area contributed by atoms with Crippen molar-refractivity contribution >= 4 is 33.2 Å². The summed E-state index contributed by atoms with van der Waals surface area (Å²) in [5, 5.41) is 0.940. The Labute approximate surface area is 86.6 Å². The lowest BCUT2D eigenvalue weighted by Crippen LogP contribution is -2.09. The van der Waals surface area contributed by atoms with E-state index in [1.54, 1.807) is 0 Å². The maximum absolute atomic E-state index is 10.8. The summed E-state index contributed by atoms with van der Waals surface area (Å²) in [5.41, 5.74) is 0. The van der Waals surface area contributed by atoms with Gasteiger partial charge >= 0.3 is 5.97 Å². The molecule has 0 aromatic heterocycles. The van der Waals surface area contributed by atoms with E-state index in [1.807, 2.05) is 0 Å². The van der Waals surface area contributed by atoms with Gasteiger partial charge in [-0.25, -0.2) is 4.79 Å². The molecule has 0 N–H and O–H groups in total. The normalized spacial score (nSPS) is 9.21. The molecule has 0 unspecified atom stereocenters. The zero-order valence-corrected chi connectivity index (χ0v) is 8.38. The molecule has 0 saturated heterocycles. The summed E-state index contributed by atoms with van der Waals surface area (Å²) < 4.78 is 24.8. The molecule has 74 valence electrons. The van der Waals surface area contributed by atoms with Gasteiger partial charge in [-0.2, -0.15) is 8.42 Å². The Bertz CT molecular complexity index is 453.